The van der Waals surface area contributed by atoms with Gasteiger partial charge in [0.1, 0.15) is 22.9 Å². The van der Waals surface area contributed by atoms with Crippen molar-refractivity contribution in [2.45, 2.75) is 83.7 Å². The van der Waals surface area contributed by atoms with Gasteiger partial charge in [-0.25, -0.2) is 19.6 Å². The fraction of sp³-hybridized carbons (Fsp3) is 0.531. The lowest BCUT2D eigenvalue weighted by Gasteiger charge is -2.34. The number of likely N-dealkylation sites (tertiary alicyclic amines) is 1. The Bertz CT molecular complexity index is 1850. The van der Waals surface area contributed by atoms with Crippen LogP contribution in [0.15, 0.2) is 30.7 Å². The van der Waals surface area contributed by atoms with Crippen molar-refractivity contribution >= 4 is 35.1 Å². The molecule has 4 aromatic heterocycles. The first kappa shape index (κ1) is 33.3. The molecule has 0 bridgehead atoms. The van der Waals surface area contributed by atoms with Crippen LogP contribution in [-0.2, 0) is 23.9 Å². The Balaban J connectivity index is 1.38. The van der Waals surface area contributed by atoms with E-state index in [-0.39, 0.29) is 55.2 Å². The van der Waals surface area contributed by atoms with E-state index in [0.717, 1.165) is 24.5 Å². The molecule has 2 fully saturated rings. The van der Waals surface area contributed by atoms with Gasteiger partial charge in [0.05, 0.1) is 36.6 Å². The second-order valence-corrected chi connectivity index (χ2v) is 13.5. The third-order valence-electron chi connectivity index (χ3n) is 8.63. The van der Waals surface area contributed by atoms with E-state index in [2.05, 4.69) is 15.4 Å². The summed E-state index contributed by atoms with van der Waals surface area (Å²) in [5.41, 5.74) is 0.0457. The molecule has 0 radical (unpaired) electrons. The van der Waals surface area contributed by atoms with Crippen LogP contribution in [0.1, 0.15) is 75.3 Å². The first-order valence-electron chi connectivity index (χ1n) is 16.0. The fourth-order valence-corrected chi connectivity index (χ4v) is 5.97. The van der Waals surface area contributed by atoms with Crippen LogP contribution in [0.25, 0.3) is 11.3 Å². The van der Waals surface area contributed by atoms with Gasteiger partial charge in [0.15, 0.2) is 5.65 Å². The Morgan fingerprint density at radius 2 is 1.85 bits per heavy atom. The summed E-state index contributed by atoms with van der Waals surface area (Å²) in [6, 6.07) is 2.75. The molecule has 258 valence electrons. The molecule has 3 N–H and O–H groups in total. The van der Waals surface area contributed by atoms with E-state index < -0.39 is 35.6 Å². The number of β-amino-alcohol motifs (C(OH)–C–C–N with tert-alkyl or cyclic N) is 1. The second-order valence-electron chi connectivity index (χ2n) is 13.5. The van der Waals surface area contributed by atoms with E-state index in [1.807, 2.05) is 6.92 Å². The average molecular weight is 673 g/mol. The molecule has 2 aliphatic rings. The van der Waals surface area contributed by atoms with Crippen LogP contribution in [0.5, 0.6) is 0 Å². The largest absolute Gasteiger partial charge is 0.465 e. The summed E-state index contributed by atoms with van der Waals surface area (Å²) in [6.07, 6.45) is 0.100. The summed E-state index contributed by atoms with van der Waals surface area (Å²) in [7, 11) is 0. The molecular formula is C32H39F3N8O5. The molecule has 2 amide bonds. The van der Waals surface area contributed by atoms with E-state index in [4.69, 9.17) is 9.72 Å². The van der Waals surface area contributed by atoms with Crippen LogP contribution in [0.2, 0.25) is 0 Å². The topological polar surface area (TPSA) is 150 Å². The molecule has 2 atom stereocenters. The number of anilines is 2. The van der Waals surface area contributed by atoms with Crippen LogP contribution < -0.4 is 10.2 Å². The molecule has 4 aromatic rings. The number of imidazole rings is 1. The number of hydrogen-bond donors (Lipinski definition) is 3. The molecule has 1 aliphatic carbocycles. The molecule has 5 heterocycles. The van der Waals surface area contributed by atoms with Gasteiger partial charge in [-0.1, -0.05) is 6.92 Å². The minimum absolute atomic E-state index is 0.00830. The van der Waals surface area contributed by atoms with Crippen molar-refractivity contribution in [2.24, 2.45) is 5.92 Å². The van der Waals surface area contributed by atoms with Crippen molar-refractivity contribution in [3.8, 4) is 0 Å². The number of carbonyl (C=O) groups is 2. The summed E-state index contributed by atoms with van der Waals surface area (Å²) in [6.45, 7) is 7.37. The zero-order valence-electron chi connectivity index (χ0n) is 27.2. The number of fused-ring (bicyclic) bond motifs is 2. The van der Waals surface area contributed by atoms with E-state index in [1.54, 1.807) is 39.2 Å². The highest BCUT2D eigenvalue weighted by molar-refractivity contribution is 5.88. The Morgan fingerprint density at radius 1 is 1.10 bits per heavy atom. The number of carbonyl (C=O) groups excluding carboxylic acids is 1. The summed E-state index contributed by atoms with van der Waals surface area (Å²) in [4.78, 5) is 36.7. The molecule has 6 rings (SSSR count). The summed E-state index contributed by atoms with van der Waals surface area (Å²) in [5.74, 6) is 0.414. The number of aromatic nitrogens is 5. The number of amides is 2. The number of piperidine rings is 1. The summed E-state index contributed by atoms with van der Waals surface area (Å²) in [5, 5.41) is 27.6. The van der Waals surface area contributed by atoms with Crippen LogP contribution in [0.3, 0.4) is 0 Å². The van der Waals surface area contributed by atoms with Gasteiger partial charge >= 0.3 is 18.4 Å². The molecule has 13 nitrogen and oxygen atoms in total. The molecule has 48 heavy (non-hydrogen) atoms. The number of halogens is 3. The van der Waals surface area contributed by atoms with Crippen LogP contribution in [-0.4, -0.2) is 82.6 Å². The minimum atomic E-state index is -4.62. The quantitative estimate of drug-likeness (QED) is 0.219. The van der Waals surface area contributed by atoms with E-state index in [0.29, 0.717) is 29.9 Å². The third-order valence-corrected chi connectivity index (χ3v) is 8.63. The Hall–Kier alpha value is -4.60. The number of carboxylic acid groups (broad SMARTS) is 1. The van der Waals surface area contributed by atoms with Gasteiger partial charge < -0.3 is 29.6 Å². The summed E-state index contributed by atoms with van der Waals surface area (Å²) < 4.78 is 51.1. The number of aliphatic hydroxyl groups excluding tert-OH is 1. The number of rotatable bonds is 8. The van der Waals surface area contributed by atoms with Gasteiger partial charge in [-0.2, -0.15) is 22.8 Å². The Kier molecular flexibility index (Phi) is 8.64. The minimum Gasteiger partial charge on any atom is -0.465 e. The maximum absolute atomic E-state index is 14.2. The van der Waals surface area contributed by atoms with Gasteiger partial charge in [-0.05, 0) is 64.0 Å². The highest BCUT2D eigenvalue weighted by Crippen LogP contribution is 2.43. The second kappa shape index (κ2) is 12.5. The zero-order valence-corrected chi connectivity index (χ0v) is 27.2. The molecule has 0 aromatic carbocycles. The molecule has 1 saturated heterocycles. The van der Waals surface area contributed by atoms with Gasteiger partial charge in [-0.15, -0.1) is 0 Å². The Morgan fingerprint density at radius 3 is 2.48 bits per heavy atom. The number of ether oxygens (including phenoxy) is 1. The van der Waals surface area contributed by atoms with Crippen LogP contribution in [0.4, 0.5) is 34.4 Å². The smallest absolute Gasteiger partial charge is 0.419 e. The van der Waals surface area contributed by atoms with E-state index >= 15 is 0 Å². The zero-order chi connectivity index (χ0) is 34.5. The van der Waals surface area contributed by atoms with Gasteiger partial charge in [0, 0.05) is 43.0 Å². The predicted octanol–water partition coefficient (Wildman–Crippen LogP) is 5.55. The van der Waals surface area contributed by atoms with Crippen molar-refractivity contribution in [2.75, 3.05) is 29.9 Å². The number of nitrogens with zero attached hydrogens (tertiary/aromatic N) is 7. The molecule has 16 heteroatoms. The molecule has 0 spiro atoms. The average Bonchev–Trinajstić information content (AvgIpc) is 3.64. The standard InChI is InChI=1S/C32H39F3N8O5/c1-5-18-13-37-43-26(11-25(39-27(18)43)36-12-20-8-9-40(29(45)46)17-24(20)44)42(30(47)48-31(2,3)4)16-22-15-41-14-21(19-6-7-19)10-23(28(41)38-22)32(33,34)35/h10-11,13-15,19-20,24,44H,5-9,12,16-17H2,1-4H3,(H,36,39)(H,45,46). The molecular weight excluding hydrogens is 633 g/mol. The van der Waals surface area contributed by atoms with E-state index in [1.165, 1.54) is 24.9 Å². The third kappa shape index (κ3) is 6.98. The first-order chi connectivity index (χ1) is 22.6. The maximum Gasteiger partial charge on any atom is 0.419 e. The van der Waals surface area contributed by atoms with Gasteiger partial charge in [0.25, 0.3) is 0 Å². The predicted molar refractivity (Wildman–Crippen MR) is 169 cm³/mol. The molecule has 2 unspecified atom stereocenters. The fourth-order valence-electron chi connectivity index (χ4n) is 5.97. The monoisotopic (exact) mass is 672 g/mol. The number of aryl methyl sites for hydroxylation is 1. The number of pyridine rings is 1. The highest BCUT2D eigenvalue weighted by atomic mass is 19.4. The first-order valence-corrected chi connectivity index (χ1v) is 16.0. The molecule has 1 saturated carbocycles. The SMILES string of the molecule is CCc1cnn2c(N(Cc3cn4cc(C5CC5)cc(C(F)(F)F)c4n3)C(=O)OC(C)(C)C)cc(NCC3CCN(C(=O)O)CC3O)nc12. The van der Waals surface area contributed by atoms with Crippen molar-refractivity contribution in [1.82, 2.24) is 28.9 Å². The number of hydrogen-bond acceptors (Lipinski definition) is 8. The summed E-state index contributed by atoms with van der Waals surface area (Å²) >= 11 is 0. The van der Waals surface area contributed by atoms with Crippen molar-refractivity contribution < 1.29 is 37.7 Å². The van der Waals surface area contributed by atoms with Gasteiger partial charge in [-0.3, -0.25) is 4.90 Å². The maximum atomic E-state index is 14.2. The van der Waals surface area contributed by atoms with Crippen LogP contribution in [0, 0.1) is 5.92 Å². The lowest BCUT2D eigenvalue weighted by atomic mass is 9.94. The Labute approximate surface area is 274 Å². The van der Waals surface area contributed by atoms with Crippen molar-refractivity contribution in [3.63, 3.8) is 0 Å². The highest BCUT2D eigenvalue weighted by Gasteiger charge is 2.37. The molecule has 1 aliphatic heterocycles. The van der Waals surface area contributed by atoms with Crippen molar-refractivity contribution in [1.29, 1.82) is 0 Å². The van der Waals surface area contributed by atoms with E-state index in [9.17, 15) is 33.0 Å². The lowest BCUT2D eigenvalue weighted by molar-refractivity contribution is -0.136. The van der Waals surface area contributed by atoms with Crippen molar-refractivity contribution in [3.05, 3.63) is 53.1 Å². The number of aliphatic hydroxyl groups is 1. The lowest BCUT2D eigenvalue weighted by Crippen LogP contribution is -2.47. The van der Waals surface area contributed by atoms with Gasteiger partial charge in [0.2, 0.25) is 0 Å². The normalized spacial score (nSPS) is 18.8. The number of nitrogens with one attached hydrogen (secondary N) is 1. The number of alkyl halides is 3. The van der Waals surface area contributed by atoms with Crippen LogP contribution >= 0.6 is 0 Å².